The molecule has 11 nitrogen and oxygen atoms in total. The molecule has 3 aromatic carbocycles. The van der Waals surface area contributed by atoms with Gasteiger partial charge in [-0.2, -0.15) is 10.4 Å². The first-order chi connectivity index (χ1) is 24.8. The number of H-pyrrole nitrogens is 1. The molecule has 260 valence electrons. The second kappa shape index (κ2) is 14.5. The van der Waals surface area contributed by atoms with Crippen LogP contribution >= 0.6 is 0 Å². The number of ether oxygens (including phenoxy) is 2. The van der Waals surface area contributed by atoms with Crippen molar-refractivity contribution in [2.45, 2.75) is 25.4 Å². The molecule has 13 heteroatoms. The number of aromatic amines is 1. The number of carbonyl (C=O) groups is 1. The van der Waals surface area contributed by atoms with Crippen LogP contribution in [0.25, 0.3) is 0 Å². The van der Waals surface area contributed by atoms with E-state index in [1.54, 1.807) is 24.3 Å². The highest BCUT2D eigenvalue weighted by molar-refractivity contribution is 6.03. The van der Waals surface area contributed by atoms with Crippen molar-refractivity contribution in [2.75, 3.05) is 54.5 Å². The first kappa shape index (κ1) is 33.6. The monoisotopic (exact) mass is 690 g/mol. The van der Waals surface area contributed by atoms with E-state index in [-0.39, 0.29) is 18.2 Å². The van der Waals surface area contributed by atoms with Crippen molar-refractivity contribution in [3.8, 4) is 11.8 Å². The molecule has 1 amide bonds. The highest BCUT2D eigenvalue weighted by Crippen LogP contribution is 2.43. The van der Waals surface area contributed by atoms with Crippen molar-refractivity contribution in [1.29, 1.82) is 5.26 Å². The average Bonchev–Trinajstić information content (AvgIpc) is 3.81. The zero-order valence-electron chi connectivity index (χ0n) is 28.0. The number of rotatable bonds is 10. The third-order valence-electron chi connectivity index (χ3n) is 9.35. The molecule has 7 rings (SSSR count). The van der Waals surface area contributed by atoms with Gasteiger partial charge in [-0.1, -0.05) is 6.07 Å². The quantitative estimate of drug-likeness (QED) is 0.187. The molecule has 0 spiro atoms. The molecular weight excluding hydrogens is 654 g/mol. The van der Waals surface area contributed by atoms with Crippen LogP contribution in [0.2, 0.25) is 0 Å². The van der Waals surface area contributed by atoms with E-state index in [9.17, 15) is 9.18 Å². The number of hydrogen-bond donors (Lipinski definition) is 2. The molecule has 5 aromatic rings. The first-order valence-corrected chi connectivity index (χ1v) is 16.7. The molecule has 0 bridgehead atoms. The molecule has 2 N–H and O–H groups in total. The van der Waals surface area contributed by atoms with Gasteiger partial charge in [-0.3, -0.25) is 9.89 Å². The summed E-state index contributed by atoms with van der Waals surface area (Å²) >= 11 is 0. The van der Waals surface area contributed by atoms with Crippen LogP contribution in [0, 0.1) is 35.8 Å². The lowest BCUT2D eigenvalue weighted by Gasteiger charge is -2.37. The topological polar surface area (TPSA) is 132 Å². The Morgan fingerprint density at radius 3 is 2.49 bits per heavy atom. The number of nitrogens with zero attached hydrogens (tertiary/aromatic N) is 6. The fourth-order valence-corrected chi connectivity index (χ4v) is 6.80. The Balaban J connectivity index is 0.948. The Kier molecular flexibility index (Phi) is 9.59. The summed E-state index contributed by atoms with van der Waals surface area (Å²) in [6.45, 7) is 5.98. The van der Waals surface area contributed by atoms with Crippen molar-refractivity contribution in [3.63, 3.8) is 0 Å². The normalized spacial score (nSPS) is 18.7. The van der Waals surface area contributed by atoms with Gasteiger partial charge in [0.2, 0.25) is 0 Å². The molecule has 0 saturated carbocycles. The van der Waals surface area contributed by atoms with Crippen LogP contribution in [0.5, 0.6) is 5.75 Å². The van der Waals surface area contributed by atoms with Gasteiger partial charge in [-0.25, -0.2) is 18.7 Å². The van der Waals surface area contributed by atoms with Crippen LogP contribution in [0.1, 0.15) is 39.3 Å². The van der Waals surface area contributed by atoms with Crippen molar-refractivity contribution in [3.05, 3.63) is 125 Å². The number of piperazine rings is 1. The van der Waals surface area contributed by atoms with Gasteiger partial charge in [0, 0.05) is 79.3 Å². The van der Waals surface area contributed by atoms with E-state index in [0.29, 0.717) is 48.0 Å². The van der Waals surface area contributed by atoms with E-state index in [1.807, 2.05) is 31.2 Å². The Morgan fingerprint density at radius 2 is 1.80 bits per heavy atom. The summed E-state index contributed by atoms with van der Waals surface area (Å²) in [5, 5.41) is 18.5. The maximum atomic E-state index is 15.0. The minimum Gasteiger partial charge on any atom is -0.493 e. The van der Waals surface area contributed by atoms with Gasteiger partial charge < -0.3 is 24.6 Å². The molecule has 2 fully saturated rings. The molecule has 4 heterocycles. The molecule has 2 atom stereocenters. The number of aryl methyl sites for hydroxylation is 1. The van der Waals surface area contributed by atoms with E-state index in [2.05, 4.69) is 47.4 Å². The SMILES string of the molecule is Cc1cc(OC[C@@H]2CO[C@](Cc3ncn[nH]3)(c3ccc(F)cc3F)C2)cc(N2CCN(c3ccc(C(=O)Nc4ccc(C#N)cn4)cc3)CC2)c1. The molecule has 2 aromatic heterocycles. The lowest BCUT2D eigenvalue weighted by molar-refractivity contribution is -0.00524. The smallest absolute Gasteiger partial charge is 0.256 e. The van der Waals surface area contributed by atoms with Gasteiger partial charge in [-0.15, -0.1) is 0 Å². The number of carbonyl (C=O) groups excluding carboxylic acids is 1. The zero-order chi connectivity index (χ0) is 35.4. The highest BCUT2D eigenvalue weighted by Gasteiger charge is 2.44. The Bertz CT molecular complexity index is 2030. The molecule has 2 aliphatic heterocycles. The molecule has 0 unspecified atom stereocenters. The second-order valence-corrected chi connectivity index (χ2v) is 12.9. The second-order valence-electron chi connectivity index (χ2n) is 12.9. The molecular formula is C38H36F2N8O3. The molecule has 2 aliphatic rings. The number of nitrogens with one attached hydrogen (secondary N) is 2. The fourth-order valence-electron chi connectivity index (χ4n) is 6.80. The Morgan fingerprint density at radius 1 is 1.02 bits per heavy atom. The first-order valence-electron chi connectivity index (χ1n) is 16.7. The summed E-state index contributed by atoms with van der Waals surface area (Å²) < 4.78 is 41.4. The number of hydrogen-bond acceptors (Lipinski definition) is 9. The van der Waals surface area contributed by atoms with Crippen molar-refractivity contribution in [2.24, 2.45) is 5.92 Å². The third-order valence-corrected chi connectivity index (χ3v) is 9.35. The van der Waals surface area contributed by atoms with Crippen LogP contribution in [-0.2, 0) is 16.8 Å². The average molecular weight is 691 g/mol. The van der Waals surface area contributed by atoms with Crippen molar-refractivity contribution >= 4 is 23.1 Å². The Hall–Kier alpha value is -5.87. The number of amides is 1. The standard InChI is InChI=1S/C38H36F2N8O3/c1-25-14-31(48-12-10-47(11-13-48)30-6-3-28(4-7-30)37(49)45-35-9-2-26(20-41)21-42-35)17-32(15-25)50-22-27-18-38(51-23-27,19-36-43-24-44-46-36)33-8-5-29(39)16-34(33)40/h2-9,14-17,21,24,27H,10-13,18-19,22-23H2,1H3,(H,42,45,49)(H,43,44,46)/t27-,38-/m1/s1. The summed E-state index contributed by atoms with van der Waals surface area (Å²) in [6.07, 6.45) is 3.55. The molecule has 0 radical (unpaired) electrons. The predicted octanol–water partition coefficient (Wildman–Crippen LogP) is 5.79. The van der Waals surface area contributed by atoms with Gasteiger partial charge in [-0.05, 0) is 73.5 Å². The lowest BCUT2D eigenvalue weighted by Crippen LogP contribution is -2.46. The highest BCUT2D eigenvalue weighted by atomic mass is 19.1. The van der Waals surface area contributed by atoms with Gasteiger partial charge in [0.05, 0.1) is 18.8 Å². The predicted molar refractivity (Wildman–Crippen MR) is 187 cm³/mol. The number of anilines is 3. The fraction of sp³-hybridized carbons (Fsp3) is 0.289. The van der Waals surface area contributed by atoms with Gasteiger partial charge in [0.25, 0.3) is 5.91 Å². The van der Waals surface area contributed by atoms with E-state index in [4.69, 9.17) is 14.7 Å². The van der Waals surface area contributed by atoms with Gasteiger partial charge >= 0.3 is 0 Å². The van der Waals surface area contributed by atoms with Crippen LogP contribution in [-0.4, -0.2) is 65.5 Å². The summed E-state index contributed by atoms with van der Waals surface area (Å²) in [7, 11) is 0. The Labute approximate surface area is 293 Å². The third kappa shape index (κ3) is 7.66. The van der Waals surface area contributed by atoms with Gasteiger partial charge in [0.15, 0.2) is 0 Å². The van der Waals surface area contributed by atoms with E-state index in [0.717, 1.165) is 54.9 Å². The molecule has 0 aliphatic carbocycles. The van der Waals surface area contributed by atoms with Crippen LogP contribution in [0.4, 0.5) is 26.0 Å². The zero-order valence-corrected chi connectivity index (χ0v) is 28.0. The largest absolute Gasteiger partial charge is 0.493 e. The van der Waals surface area contributed by atoms with Crippen LogP contribution in [0.15, 0.2) is 85.3 Å². The van der Waals surface area contributed by atoms with Crippen LogP contribution in [0.3, 0.4) is 0 Å². The summed E-state index contributed by atoms with van der Waals surface area (Å²) in [5.41, 5.74) is 3.39. The maximum absolute atomic E-state index is 15.0. The van der Waals surface area contributed by atoms with E-state index < -0.39 is 17.2 Å². The number of pyridine rings is 1. The molecule has 51 heavy (non-hydrogen) atoms. The van der Waals surface area contributed by atoms with E-state index in [1.165, 1.54) is 24.7 Å². The number of aromatic nitrogens is 4. The van der Waals surface area contributed by atoms with Crippen molar-refractivity contribution in [1.82, 2.24) is 20.2 Å². The lowest BCUT2D eigenvalue weighted by atomic mass is 9.84. The summed E-state index contributed by atoms with van der Waals surface area (Å²) in [5.74, 6) is 0.0921. The number of nitriles is 1. The molecule has 2 saturated heterocycles. The summed E-state index contributed by atoms with van der Waals surface area (Å²) in [6, 6.07) is 22.5. The maximum Gasteiger partial charge on any atom is 0.256 e. The van der Waals surface area contributed by atoms with E-state index >= 15 is 4.39 Å². The van der Waals surface area contributed by atoms with Gasteiger partial charge in [0.1, 0.15) is 47.0 Å². The van der Waals surface area contributed by atoms with Crippen LogP contribution < -0.4 is 19.9 Å². The number of benzene rings is 3. The summed E-state index contributed by atoms with van der Waals surface area (Å²) in [4.78, 5) is 25.7. The number of halogens is 2. The minimum atomic E-state index is -1.03. The van der Waals surface area contributed by atoms with Crippen molar-refractivity contribution < 1.29 is 23.0 Å². The minimum absolute atomic E-state index is 0.0324.